The summed E-state index contributed by atoms with van der Waals surface area (Å²) in [7, 11) is 1.53. The van der Waals surface area contributed by atoms with Crippen LogP contribution < -0.4 is 20.2 Å². The van der Waals surface area contributed by atoms with E-state index in [0.717, 1.165) is 5.56 Å². The Morgan fingerprint density at radius 2 is 1.50 bits per heavy atom. The molecule has 8 heteroatoms. The van der Waals surface area contributed by atoms with Crippen LogP contribution >= 0.6 is 0 Å². The number of hydrogen-bond donors (Lipinski definition) is 2. The number of nitrogens with zero attached hydrogens (tertiary/aromatic N) is 1. The number of esters is 1. The van der Waals surface area contributed by atoms with Crippen LogP contribution in [-0.2, 0) is 9.59 Å². The Kier molecular flexibility index (Phi) is 7.32. The van der Waals surface area contributed by atoms with Gasteiger partial charge in [-0.25, -0.2) is 10.2 Å². The number of carbonyl (C=O) groups excluding carboxylic acids is 3. The number of hydrazone groups is 1. The van der Waals surface area contributed by atoms with E-state index in [0.29, 0.717) is 28.3 Å². The van der Waals surface area contributed by atoms with E-state index < -0.39 is 17.8 Å². The van der Waals surface area contributed by atoms with E-state index in [4.69, 9.17) is 9.47 Å². The molecule has 2 N–H and O–H groups in total. The second-order valence-corrected chi connectivity index (χ2v) is 6.66. The summed E-state index contributed by atoms with van der Waals surface area (Å²) in [5.74, 6) is -1.21. The lowest BCUT2D eigenvalue weighted by atomic mass is 10.1. The normalized spacial score (nSPS) is 10.4. The highest BCUT2D eigenvalue weighted by Gasteiger charge is 2.13. The van der Waals surface area contributed by atoms with Gasteiger partial charge in [-0.15, -0.1) is 0 Å². The molecule has 0 radical (unpaired) electrons. The van der Waals surface area contributed by atoms with Crippen LogP contribution in [0.5, 0.6) is 11.5 Å². The zero-order valence-electron chi connectivity index (χ0n) is 17.5. The molecule has 0 aliphatic rings. The standard InChI is InChI=1S/C24H21N3O5/c1-16-5-3-4-6-21(16)24(30)32-20-11-7-17(8-12-20)15-25-27-23(29)22(28)26-18-9-13-19(31-2)14-10-18/h3-15H,1-2H3,(H,26,28)(H,27,29)/b25-15+. The van der Waals surface area contributed by atoms with Gasteiger partial charge in [0.1, 0.15) is 11.5 Å². The number of anilines is 1. The summed E-state index contributed by atoms with van der Waals surface area (Å²) in [4.78, 5) is 36.1. The van der Waals surface area contributed by atoms with Crippen LogP contribution in [-0.4, -0.2) is 31.1 Å². The Bertz CT molecular complexity index is 1140. The van der Waals surface area contributed by atoms with E-state index in [2.05, 4.69) is 15.8 Å². The van der Waals surface area contributed by atoms with Crippen molar-refractivity contribution in [3.8, 4) is 11.5 Å². The van der Waals surface area contributed by atoms with Gasteiger partial charge in [-0.05, 0) is 72.6 Å². The first-order valence-electron chi connectivity index (χ1n) is 9.62. The van der Waals surface area contributed by atoms with Crippen LogP contribution in [0, 0.1) is 6.92 Å². The zero-order valence-corrected chi connectivity index (χ0v) is 17.5. The van der Waals surface area contributed by atoms with E-state index >= 15 is 0 Å². The van der Waals surface area contributed by atoms with Crippen molar-refractivity contribution in [3.63, 3.8) is 0 Å². The minimum absolute atomic E-state index is 0.373. The number of aryl methyl sites for hydroxylation is 1. The van der Waals surface area contributed by atoms with Crippen LogP contribution in [0.15, 0.2) is 77.9 Å². The molecule has 0 fully saturated rings. The van der Waals surface area contributed by atoms with E-state index in [-0.39, 0.29) is 0 Å². The molecule has 32 heavy (non-hydrogen) atoms. The summed E-state index contributed by atoms with van der Waals surface area (Å²) in [6.45, 7) is 1.84. The molecule has 3 aromatic rings. The molecule has 0 heterocycles. The van der Waals surface area contributed by atoms with Gasteiger partial charge in [0, 0.05) is 5.69 Å². The van der Waals surface area contributed by atoms with Gasteiger partial charge >= 0.3 is 17.8 Å². The summed E-state index contributed by atoms with van der Waals surface area (Å²) in [6, 6.07) is 20.2. The molecule has 0 aliphatic carbocycles. The predicted octanol–water partition coefficient (Wildman–Crippen LogP) is 3.31. The zero-order chi connectivity index (χ0) is 22.9. The van der Waals surface area contributed by atoms with Crippen molar-refractivity contribution in [3.05, 3.63) is 89.5 Å². The second kappa shape index (κ2) is 10.5. The molecule has 162 valence electrons. The largest absolute Gasteiger partial charge is 0.497 e. The molecule has 8 nitrogen and oxygen atoms in total. The fourth-order valence-electron chi connectivity index (χ4n) is 2.66. The van der Waals surface area contributed by atoms with Crippen LogP contribution in [0.3, 0.4) is 0 Å². The monoisotopic (exact) mass is 431 g/mol. The molecule has 0 saturated carbocycles. The Morgan fingerprint density at radius 1 is 0.844 bits per heavy atom. The molecule has 0 bridgehead atoms. The quantitative estimate of drug-likeness (QED) is 0.205. The lowest BCUT2D eigenvalue weighted by molar-refractivity contribution is -0.136. The van der Waals surface area contributed by atoms with Crippen molar-refractivity contribution in [2.45, 2.75) is 6.92 Å². The van der Waals surface area contributed by atoms with E-state index in [1.54, 1.807) is 60.7 Å². The van der Waals surface area contributed by atoms with Crippen LogP contribution in [0.4, 0.5) is 5.69 Å². The first kappa shape index (κ1) is 22.2. The molecule has 0 aromatic heterocycles. The molecular formula is C24H21N3O5. The van der Waals surface area contributed by atoms with Crippen molar-refractivity contribution < 1.29 is 23.9 Å². The topological polar surface area (TPSA) is 106 Å². The maximum Gasteiger partial charge on any atom is 0.343 e. The molecule has 0 saturated heterocycles. The van der Waals surface area contributed by atoms with E-state index in [9.17, 15) is 14.4 Å². The van der Waals surface area contributed by atoms with Gasteiger partial charge < -0.3 is 14.8 Å². The second-order valence-electron chi connectivity index (χ2n) is 6.66. The number of hydrogen-bond acceptors (Lipinski definition) is 6. The third kappa shape index (κ3) is 6.02. The lowest BCUT2D eigenvalue weighted by Crippen LogP contribution is -2.32. The molecule has 0 atom stereocenters. The third-order valence-electron chi connectivity index (χ3n) is 4.39. The Morgan fingerprint density at radius 3 is 2.16 bits per heavy atom. The van der Waals surface area contributed by atoms with Gasteiger partial charge in [0.05, 0.1) is 18.9 Å². The van der Waals surface area contributed by atoms with Crippen molar-refractivity contribution >= 4 is 29.7 Å². The SMILES string of the molecule is COc1ccc(NC(=O)C(=O)N/N=C/c2ccc(OC(=O)c3ccccc3C)cc2)cc1. The number of carbonyl (C=O) groups is 3. The number of rotatable bonds is 6. The van der Waals surface area contributed by atoms with Crippen molar-refractivity contribution in [1.29, 1.82) is 0 Å². The number of methoxy groups -OCH3 is 1. The van der Waals surface area contributed by atoms with Gasteiger partial charge in [-0.1, -0.05) is 18.2 Å². The number of benzene rings is 3. The highest BCUT2D eigenvalue weighted by Crippen LogP contribution is 2.16. The number of ether oxygens (including phenoxy) is 2. The van der Waals surface area contributed by atoms with Crippen LogP contribution in [0.1, 0.15) is 21.5 Å². The average molecular weight is 431 g/mol. The minimum atomic E-state index is -0.916. The maximum atomic E-state index is 12.3. The average Bonchev–Trinajstić information content (AvgIpc) is 2.80. The molecule has 3 aromatic carbocycles. The smallest absolute Gasteiger partial charge is 0.343 e. The van der Waals surface area contributed by atoms with Gasteiger partial charge in [0.15, 0.2) is 0 Å². The maximum absolute atomic E-state index is 12.3. The first-order chi connectivity index (χ1) is 15.5. The molecular weight excluding hydrogens is 410 g/mol. The summed E-state index contributed by atoms with van der Waals surface area (Å²) in [5, 5.41) is 6.22. The van der Waals surface area contributed by atoms with Crippen LogP contribution in [0.25, 0.3) is 0 Å². The van der Waals surface area contributed by atoms with Crippen molar-refractivity contribution in [2.75, 3.05) is 12.4 Å². The Balaban J connectivity index is 1.50. The molecule has 2 amide bonds. The van der Waals surface area contributed by atoms with Crippen molar-refractivity contribution in [2.24, 2.45) is 5.10 Å². The Hall–Kier alpha value is -4.46. The lowest BCUT2D eigenvalue weighted by Gasteiger charge is -2.06. The molecule has 0 aliphatic heterocycles. The molecule has 3 rings (SSSR count). The fourth-order valence-corrected chi connectivity index (χ4v) is 2.66. The van der Waals surface area contributed by atoms with Gasteiger partial charge in [0.2, 0.25) is 0 Å². The number of amides is 2. The molecule has 0 unspecified atom stereocenters. The van der Waals surface area contributed by atoms with Gasteiger partial charge in [-0.2, -0.15) is 5.10 Å². The predicted molar refractivity (Wildman–Crippen MR) is 120 cm³/mol. The molecule has 0 spiro atoms. The Labute approximate surface area is 184 Å². The summed E-state index contributed by atoms with van der Waals surface area (Å²) in [6.07, 6.45) is 1.37. The van der Waals surface area contributed by atoms with Crippen molar-refractivity contribution in [1.82, 2.24) is 5.43 Å². The third-order valence-corrected chi connectivity index (χ3v) is 4.39. The first-order valence-corrected chi connectivity index (χ1v) is 9.62. The van der Waals surface area contributed by atoms with Crippen LogP contribution in [0.2, 0.25) is 0 Å². The van der Waals surface area contributed by atoms with Gasteiger partial charge in [-0.3, -0.25) is 9.59 Å². The summed E-state index contributed by atoms with van der Waals surface area (Å²) >= 11 is 0. The summed E-state index contributed by atoms with van der Waals surface area (Å²) < 4.78 is 10.4. The number of nitrogens with one attached hydrogen (secondary N) is 2. The van der Waals surface area contributed by atoms with E-state index in [1.807, 2.05) is 19.1 Å². The fraction of sp³-hybridized carbons (Fsp3) is 0.0833. The highest BCUT2D eigenvalue weighted by atomic mass is 16.5. The van der Waals surface area contributed by atoms with E-state index in [1.165, 1.54) is 13.3 Å². The minimum Gasteiger partial charge on any atom is -0.497 e. The highest BCUT2D eigenvalue weighted by molar-refractivity contribution is 6.39. The summed E-state index contributed by atoms with van der Waals surface area (Å²) in [5.41, 5.74) is 4.56. The van der Waals surface area contributed by atoms with Gasteiger partial charge in [0.25, 0.3) is 0 Å².